The Bertz CT molecular complexity index is 2330. The molecule has 65 heavy (non-hydrogen) atoms. The summed E-state index contributed by atoms with van der Waals surface area (Å²) >= 11 is 0. The van der Waals surface area contributed by atoms with Crippen LogP contribution in [0, 0.1) is 104 Å². The van der Waals surface area contributed by atoms with Gasteiger partial charge in [0.2, 0.25) is 0 Å². The summed E-state index contributed by atoms with van der Waals surface area (Å²) < 4.78 is 0. The van der Waals surface area contributed by atoms with Crippen molar-refractivity contribution in [3.05, 3.63) is 175 Å². The van der Waals surface area contributed by atoms with E-state index in [1.165, 1.54) is 118 Å². The van der Waals surface area contributed by atoms with Crippen LogP contribution in [0.15, 0.2) is 91.8 Å². The second-order valence-corrected chi connectivity index (χ2v) is 18.0. The number of aryl methyl sites for hydroxylation is 14. The second kappa shape index (κ2) is 22.5. The highest BCUT2D eigenvalue weighted by Crippen LogP contribution is 2.41. The van der Waals surface area contributed by atoms with Crippen LogP contribution in [0.2, 0.25) is 0 Å². The van der Waals surface area contributed by atoms with Gasteiger partial charge in [0, 0.05) is 59.9 Å². The van der Waals surface area contributed by atoms with Crippen LogP contribution in [-0.4, -0.2) is 20.0 Å². The molecule has 0 aliphatic carbocycles. The zero-order chi connectivity index (χ0) is 43.3. The third-order valence-corrected chi connectivity index (χ3v) is 12.3. The van der Waals surface area contributed by atoms with E-state index in [0.717, 1.165) is 20.0 Å². The predicted octanol–water partition coefficient (Wildman–Crippen LogP) is 5.55. The van der Waals surface area contributed by atoms with E-state index in [9.17, 15) is 0 Å². The molecule has 0 fully saturated rings. The number of rotatable bonds is 6. The first-order valence-electron chi connectivity index (χ1n) is 21.5. The van der Waals surface area contributed by atoms with E-state index in [0.29, 0.717) is 0 Å². The molecule has 352 valence electrons. The van der Waals surface area contributed by atoms with Crippen molar-refractivity contribution in [2.24, 2.45) is 0 Å². The SMILES string of the molecule is C.C.Cc1cc(C)c(N2C=CN(c3c(C)cc(C)c(N4C=CN(c5c(C)cc(C)cc5C)C4)c3C)C2)c(C)c1.Cc1cc(C)c(N2C=CN(c3c(C)cc(C)cc3C)C2)c(C)c1.[Cl-].[Cl-].[Cl-]. The van der Waals surface area contributed by atoms with Crippen molar-refractivity contribution in [1.29, 1.82) is 0 Å². The van der Waals surface area contributed by atoms with E-state index >= 15 is 0 Å². The molecule has 6 nitrogen and oxygen atoms in total. The first kappa shape index (κ1) is 56.1. The lowest BCUT2D eigenvalue weighted by Crippen LogP contribution is -3.00. The number of hydrogen-bond acceptors (Lipinski definition) is 6. The molecule has 3 aliphatic heterocycles. The monoisotopic (exact) mass is 936 g/mol. The lowest BCUT2D eigenvalue weighted by molar-refractivity contribution is -0.00100. The molecular formula is C56H74Cl3N6-3. The highest BCUT2D eigenvalue weighted by molar-refractivity contribution is 5.79. The second-order valence-electron chi connectivity index (χ2n) is 18.0. The van der Waals surface area contributed by atoms with Gasteiger partial charge in [0.25, 0.3) is 0 Å². The van der Waals surface area contributed by atoms with Gasteiger partial charge in [-0.3, -0.25) is 0 Å². The first-order valence-corrected chi connectivity index (χ1v) is 21.5. The fourth-order valence-electron chi connectivity index (χ4n) is 10.7. The topological polar surface area (TPSA) is 19.4 Å². The van der Waals surface area contributed by atoms with E-state index in [1.54, 1.807) is 0 Å². The lowest BCUT2D eigenvalue weighted by Gasteiger charge is -2.31. The van der Waals surface area contributed by atoms with Gasteiger partial charge in [-0.15, -0.1) is 0 Å². The molecular weight excluding hydrogens is 863 g/mol. The molecule has 5 aromatic carbocycles. The molecule has 0 spiro atoms. The van der Waals surface area contributed by atoms with Crippen molar-refractivity contribution in [3.8, 4) is 0 Å². The minimum atomic E-state index is 0. The minimum absolute atomic E-state index is 0. The van der Waals surface area contributed by atoms with Crippen molar-refractivity contribution < 1.29 is 37.2 Å². The van der Waals surface area contributed by atoms with Crippen LogP contribution in [0.3, 0.4) is 0 Å². The van der Waals surface area contributed by atoms with Gasteiger partial charge in [-0.1, -0.05) is 91.7 Å². The van der Waals surface area contributed by atoms with Crippen molar-refractivity contribution in [2.45, 2.75) is 119 Å². The Morgan fingerprint density at radius 3 is 0.585 bits per heavy atom. The molecule has 3 aliphatic rings. The molecule has 0 amide bonds. The Hall–Kier alpha value is -5.01. The zero-order valence-electron chi connectivity index (χ0n) is 40.1. The molecule has 0 saturated heterocycles. The average molecular weight is 938 g/mol. The van der Waals surface area contributed by atoms with Gasteiger partial charge in [-0.05, 0) is 165 Å². The molecule has 9 heteroatoms. The number of halogens is 3. The largest absolute Gasteiger partial charge is 1.00 e. The Morgan fingerprint density at radius 2 is 0.400 bits per heavy atom. The van der Waals surface area contributed by atoms with Crippen molar-refractivity contribution in [1.82, 2.24) is 0 Å². The van der Waals surface area contributed by atoms with Crippen LogP contribution in [0.25, 0.3) is 0 Å². The quantitative estimate of drug-likeness (QED) is 0.221. The summed E-state index contributed by atoms with van der Waals surface area (Å²) in [7, 11) is 0. The van der Waals surface area contributed by atoms with Crippen LogP contribution in [-0.2, 0) is 0 Å². The summed E-state index contributed by atoms with van der Waals surface area (Å²) in [6.45, 7) is 35.6. The number of benzene rings is 5. The van der Waals surface area contributed by atoms with Crippen molar-refractivity contribution >= 4 is 34.1 Å². The molecule has 8 rings (SSSR count). The van der Waals surface area contributed by atoms with E-state index in [2.05, 4.69) is 225 Å². The maximum Gasteiger partial charge on any atom is 0.0989 e. The Balaban J connectivity index is 0.000000453. The van der Waals surface area contributed by atoms with Crippen LogP contribution in [0.4, 0.5) is 34.1 Å². The summed E-state index contributed by atoms with van der Waals surface area (Å²) in [5.41, 5.74) is 27.8. The normalized spacial score (nSPS) is 13.5. The molecule has 5 aromatic rings. The molecule has 0 saturated carbocycles. The average Bonchev–Trinajstić information content (AvgIpc) is 3.90. The minimum Gasteiger partial charge on any atom is -1.00 e. The van der Waals surface area contributed by atoms with Gasteiger partial charge in [0.1, 0.15) is 0 Å². The Labute approximate surface area is 412 Å². The molecule has 0 unspecified atom stereocenters. The number of nitrogens with zero attached hydrogens (tertiary/aromatic N) is 6. The number of hydrogen-bond donors (Lipinski definition) is 0. The van der Waals surface area contributed by atoms with Crippen LogP contribution in [0.1, 0.15) is 98.3 Å². The van der Waals surface area contributed by atoms with E-state index in [1.807, 2.05) is 0 Å². The Morgan fingerprint density at radius 1 is 0.246 bits per heavy atom. The first-order chi connectivity index (χ1) is 28.4. The van der Waals surface area contributed by atoms with Gasteiger partial charge >= 0.3 is 0 Å². The third kappa shape index (κ3) is 11.3. The fraction of sp³-hybridized carbons (Fsp3) is 0.357. The summed E-state index contributed by atoms with van der Waals surface area (Å²) in [5.74, 6) is 0. The highest BCUT2D eigenvalue weighted by Gasteiger charge is 2.27. The summed E-state index contributed by atoms with van der Waals surface area (Å²) in [5, 5.41) is 0. The van der Waals surface area contributed by atoms with Gasteiger partial charge in [-0.25, -0.2) is 0 Å². The summed E-state index contributed by atoms with van der Waals surface area (Å²) in [6.07, 6.45) is 13.3. The fourth-order valence-corrected chi connectivity index (χ4v) is 10.7. The summed E-state index contributed by atoms with van der Waals surface area (Å²) in [6, 6.07) is 20.5. The lowest BCUT2D eigenvalue weighted by atomic mass is 10.0. The van der Waals surface area contributed by atoms with Gasteiger partial charge < -0.3 is 66.6 Å². The smallest absolute Gasteiger partial charge is 0.0989 e. The van der Waals surface area contributed by atoms with E-state index in [-0.39, 0.29) is 52.1 Å². The standard InChI is InChI=1S/C33H40N4.C21H26N2.2CH4.3ClH/c1-21-14-23(3)30(24(4)15-21)34-10-12-36(19-34)32-27(7)18-28(8)33(29(32)9)37-13-11-35(20-37)31-25(5)16-22(2)17-26(31)6;1-14-9-16(3)20(17(4)10-14)22-7-8-23(13-22)21-18(5)11-15(2)12-19(21)6;;;;;/h10-18H,19-20H2,1-9H3;7-12H,13H2,1-6H3;2*1H4;3*1H/p-3. The van der Waals surface area contributed by atoms with Crippen LogP contribution in [0.5, 0.6) is 0 Å². The maximum absolute atomic E-state index is 2.40. The van der Waals surface area contributed by atoms with Gasteiger partial charge in [0.15, 0.2) is 0 Å². The van der Waals surface area contributed by atoms with Crippen LogP contribution < -0.4 is 66.6 Å². The third-order valence-electron chi connectivity index (χ3n) is 12.3. The van der Waals surface area contributed by atoms with Crippen molar-refractivity contribution in [2.75, 3.05) is 49.4 Å². The van der Waals surface area contributed by atoms with Crippen LogP contribution >= 0.6 is 0 Å². The molecule has 0 N–H and O–H groups in total. The molecule has 0 radical (unpaired) electrons. The predicted molar refractivity (Wildman–Crippen MR) is 274 cm³/mol. The van der Waals surface area contributed by atoms with Crippen molar-refractivity contribution in [3.63, 3.8) is 0 Å². The highest BCUT2D eigenvalue weighted by atomic mass is 35.5. The summed E-state index contributed by atoms with van der Waals surface area (Å²) in [4.78, 5) is 14.3. The molecule has 0 bridgehead atoms. The zero-order valence-corrected chi connectivity index (χ0v) is 42.4. The molecule has 0 atom stereocenters. The van der Waals surface area contributed by atoms with E-state index < -0.39 is 0 Å². The number of anilines is 6. The molecule has 3 heterocycles. The maximum atomic E-state index is 2.40. The van der Waals surface area contributed by atoms with E-state index in [4.69, 9.17) is 0 Å². The van der Waals surface area contributed by atoms with Gasteiger partial charge in [0.05, 0.1) is 31.4 Å². The molecule has 0 aromatic heterocycles. The van der Waals surface area contributed by atoms with Gasteiger partial charge in [-0.2, -0.15) is 0 Å². The Kier molecular flexibility index (Phi) is 19.4.